The molecule has 4 aliphatic carbocycles. The summed E-state index contributed by atoms with van der Waals surface area (Å²) in [5.74, 6) is -1.15. The van der Waals surface area contributed by atoms with Gasteiger partial charge in [0.05, 0.1) is 11.2 Å². The highest BCUT2D eigenvalue weighted by molar-refractivity contribution is 6.10. The number of halogens is 2. The van der Waals surface area contributed by atoms with E-state index in [0.717, 1.165) is 56.2 Å². The minimum atomic E-state index is -0.901. The van der Waals surface area contributed by atoms with Gasteiger partial charge in [0.15, 0.2) is 5.78 Å². The minimum absolute atomic E-state index is 0.0680. The van der Waals surface area contributed by atoms with Crippen LogP contribution in [0.2, 0.25) is 0 Å². The number of rotatable bonds is 6. The number of aryl methyl sites for hydroxylation is 1. The molecule has 0 saturated heterocycles. The maximum absolute atomic E-state index is 14.1. The van der Waals surface area contributed by atoms with Crippen molar-refractivity contribution in [3.05, 3.63) is 70.3 Å². The second-order valence-electron chi connectivity index (χ2n) is 10.3. The first kappa shape index (κ1) is 22.2. The third-order valence-corrected chi connectivity index (χ3v) is 7.85. The van der Waals surface area contributed by atoms with Crippen LogP contribution in [0.3, 0.4) is 0 Å². The Morgan fingerprint density at radius 1 is 1.03 bits per heavy atom. The van der Waals surface area contributed by atoms with Gasteiger partial charge in [0, 0.05) is 23.2 Å². The Morgan fingerprint density at radius 3 is 2.36 bits per heavy atom. The number of carbonyl (C=O) groups is 2. The molecule has 0 aromatic heterocycles. The lowest BCUT2D eigenvalue weighted by Gasteiger charge is -2.58. The summed E-state index contributed by atoms with van der Waals surface area (Å²) in [5.41, 5.74) is 0.800. The van der Waals surface area contributed by atoms with Crippen LogP contribution in [0.25, 0.3) is 0 Å². The third-order valence-electron chi connectivity index (χ3n) is 7.85. The highest BCUT2D eigenvalue weighted by Crippen LogP contribution is 2.55. The highest BCUT2D eigenvalue weighted by atomic mass is 19.1. The maximum Gasteiger partial charge on any atom is 0.251 e. The van der Waals surface area contributed by atoms with Crippen molar-refractivity contribution in [3.63, 3.8) is 0 Å². The zero-order valence-electron chi connectivity index (χ0n) is 18.7. The van der Waals surface area contributed by atoms with Gasteiger partial charge in [-0.3, -0.25) is 9.59 Å². The van der Waals surface area contributed by atoms with Crippen molar-refractivity contribution in [3.8, 4) is 0 Å². The predicted octanol–water partition coefficient (Wildman–Crippen LogP) is 4.82. The molecule has 1 amide bonds. The van der Waals surface area contributed by atoms with E-state index in [-0.39, 0.29) is 23.1 Å². The van der Waals surface area contributed by atoms with Crippen LogP contribution in [-0.4, -0.2) is 28.4 Å². The molecule has 0 aliphatic heterocycles. The van der Waals surface area contributed by atoms with Gasteiger partial charge in [-0.05, 0) is 86.1 Å². The topological polar surface area (TPSA) is 66.4 Å². The van der Waals surface area contributed by atoms with Gasteiger partial charge < -0.3 is 10.4 Å². The predicted molar refractivity (Wildman–Crippen MR) is 120 cm³/mol. The summed E-state index contributed by atoms with van der Waals surface area (Å²) in [4.78, 5) is 26.1. The van der Waals surface area contributed by atoms with Gasteiger partial charge in [0.25, 0.3) is 5.91 Å². The summed E-state index contributed by atoms with van der Waals surface area (Å²) in [6.45, 7) is 1.99. The quantitative estimate of drug-likeness (QED) is 0.617. The molecule has 0 spiro atoms. The van der Waals surface area contributed by atoms with E-state index in [1.54, 1.807) is 18.2 Å². The SMILES string of the molecule is CCCc1cc(C(=O)c2ccc(F)cc2F)ccc1C(=O)NC1C2CC3CC1CC(O)(C3)C2. The molecule has 2 aromatic carbocycles. The van der Waals surface area contributed by atoms with Gasteiger partial charge in [-0.15, -0.1) is 0 Å². The van der Waals surface area contributed by atoms with Crippen LogP contribution >= 0.6 is 0 Å². The second-order valence-corrected chi connectivity index (χ2v) is 10.3. The van der Waals surface area contributed by atoms with Crippen molar-refractivity contribution in [2.75, 3.05) is 0 Å². The molecule has 4 fully saturated rings. The summed E-state index contributed by atoms with van der Waals surface area (Å²) >= 11 is 0. The summed E-state index contributed by atoms with van der Waals surface area (Å²) in [6, 6.07) is 7.81. The second kappa shape index (κ2) is 8.32. The van der Waals surface area contributed by atoms with Crippen molar-refractivity contribution in [1.82, 2.24) is 5.32 Å². The van der Waals surface area contributed by atoms with E-state index in [0.29, 0.717) is 35.8 Å². The Kier molecular flexibility index (Phi) is 5.60. The molecule has 174 valence electrons. The largest absolute Gasteiger partial charge is 0.390 e. The van der Waals surface area contributed by atoms with Crippen molar-refractivity contribution in [1.29, 1.82) is 0 Å². The van der Waals surface area contributed by atoms with Gasteiger partial charge in [-0.1, -0.05) is 19.4 Å². The number of amides is 1. The van der Waals surface area contributed by atoms with E-state index in [4.69, 9.17) is 0 Å². The fourth-order valence-electron chi connectivity index (χ4n) is 6.71. The van der Waals surface area contributed by atoms with Crippen molar-refractivity contribution in [2.45, 2.75) is 63.5 Å². The Balaban J connectivity index is 1.38. The normalized spacial score (nSPS) is 29.8. The first-order valence-electron chi connectivity index (χ1n) is 11.9. The highest BCUT2D eigenvalue weighted by Gasteiger charge is 2.55. The van der Waals surface area contributed by atoms with Crippen molar-refractivity contribution >= 4 is 11.7 Å². The van der Waals surface area contributed by atoms with E-state index in [1.807, 2.05) is 6.92 Å². The molecule has 2 unspecified atom stereocenters. The van der Waals surface area contributed by atoms with Crippen LogP contribution < -0.4 is 5.32 Å². The minimum Gasteiger partial charge on any atom is -0.390 e. The zero-order chi connectivity index (χ0) is 23.3. The van der Waals surface area contributed by atoms with Gasteiger partial charge >= 0.3 is 0 Å². The lowest BCUT2D eigenvalue weighted by molar-refractivity contribution is -0.136. The van der Waals surface area contributed by atoms with E-state index < -0.39 is 23.0 Å². The van der Waals surface area contributed by atoms with Gasteiger partial charge in [0.1, 0.15) is 11.6 Å². The number of hydrogen-bond acceptors (Lipinski definition) is 3. The van der Waals surface area contributed by atoms with Crippen LogP contribution in [0.15, 0.2) is 36.4 Å². The average Bonchev–Trinajstić information content (AvgIpc) is 2.75. The van der Waals surface area contributed by atoms with Crippen LogP contribution in [0.1, 0.15) is 77.3 Å². The van der Waals surface area contributed by atoms with Crippen molar-refractivity contribution in [2.24, 2.45) is 17.8 Å². The van der Waals surface area contributed by atoms with Gasteiger partial charge in [0.2, 0.25) is 0 Å². The molecule has 0 radical (unpaired) electrons. The number of ketones is 1. The van der Waals surface area contributed by atoms with E-state index >= 15 is 0 Å². The van der Waals surface area contributed by atoms with Gasteiger partial charge in [-0.25, -0.2) is 8.78 Å². The molecule has 2 aromatic rings. The molecule has 4 saturated carbocycles. The molecule has 6 heteroatoms. The molecule has 2 N–H and O–H groups in total. The number of aliphatic hydroxyl groups is 1. The van der Waals surface area contributed by atoms with Gasteiger partial charge in [-0.2, -0.15) is 0 Å². The monoisotopic (exact) mass is 453 g/mol. The Labute approximate surface area is 192 Å². The Bertz CT molecular complexity index is 1100. The molecule has 33 heavy (non-hydrogen) atoms. The zero-order valence-corrected chi connectivity index (χ0v) is 18.7. The molecule has 0 heterocycles. The summed E-state index contributed by atoms with van der Waals surface area (Å²) < 4.78 is 27.4. The van der Waals surface area contributed by atoms with E-state index in [9.17, 15) is 23.5 Å². The number of carbonyl (C=O) groups excluding carboxylic acids is 2. The summed E-state index contributed by atoms with van der Waals surface area (Å²) in [7, 11) is 0. The van der Waals surface area contributed by atoms with Crippen LogP contribution in [0, 0.1) is 29.4 Å². The molecular weight excluding hydrogens is 424 g/mol. The molecule has 6 rings (SSSR count). The van der Waals surface area contributed by atoms with E-state index in [2.05, 4.69) is 5.32 Å². The lowest BCUT2D eigenvalue weighted by Crippen LogP contribution is -2.61. The molecule has 4 bridgehead atoms. The third kappa shape index (κ3) is 4.10. The number of benzene rings is 2. The number of nitrogens with one attached hydrogen (secondary N) is 1. The number of hydrogen-bond donors (Lipinski definition) is 2. The molecule has 4 nitrogen and oxygen atoms in total. The smallest absolute Gasteiger partial charge is 0.251 e. The maximum atomic E-state index is 14.1. The molecular formula is C27H29F2NO3. The standard InChI is InChI=1S/C27H29F2NO3/c1-2-3-16-10-17(25(31)22-7-5-20(28)11-23(22)29)4-6-21(16)26(32)30-24-18-8-15-9-19(24)14-27(33,12-15)13-18/h4-7,10-11,15,18-19,24,33H,2-3,8-9,12-14H2,1H3,(H,30,32). The summed E-state index contributed by atoms with van der Waals surface area (Å²) in [6.07, 6.45) is 5.91. The first-order valence-corrected chi connectivity index (χ1v) is 11.9. The van der Waals surface area contributed by atoms with E-state index in [1.165, 1.54) is 0 Å². The Hall–Kier alpha value is -2.60. The molecule has 4 aliphatic rings. The van der Waals surface area contributed by atoms with Crippen LogP contribution in [-0.2, 0) is 6.42 Å². The first-order chi connectivity index (χ1) is 15.8. The van der Waals surface area contributed by atoms with Crippen LogP contribution in [0.5, 0.6) is 0 Å². The lowest BCUT2D eigenvalue weighted by atomic mass is 9.52. The summed E-state index contributed by atoms with van der Waals surface area (Å²) in [5, 5.41) is 14.1. The van der Waals surface area contributed by atoms with Crippen LogP contribution in [0.4, 0.5) is 8.78 Å². The fraction of sp³-hybridized carbons (Fsp3) is 0.481. The molecule has 2 atom stereocenters. The average molecular weight is 454 g/mol. The Morgan fingerprint density at radius 2 is 1.73 bits per heavy atom. The fourth-order valence-corrected chi connectivity index (χ4v) is 6.71. The van der Waals surface area contributed by atoms with Crippen molar-refractivity contribution < 1.29 is 23.5 Å².